The maximum absolute atomic E-state index is 13.0. The van der Waals surface area contributed by atoms with Gasteiger partial charge in [0.15, 0.2) is 11.6 Å². The summed E-state index contributed by atoms with van der Waals surface area (Å²) < 4.78 is 30.9. The van der Waals surface area contributed by atoms with Crippen LogP contribution in [0.2, 0.25) is 0 Å². The molecular weight excluding hydrogens is 282 g/mol. The van der Waals surface area contributed by atoms with Crippen molar-refractivity contribution in [2.75, 3.05) is 0 Å². The van der Waals surface area contributed by atoms with Crippen molar-refractivity contribution in [1.29, 1.82) is 0 Å². The van der Waals surface area contributed by atoms with Crippen molar-refractivity contribution >= 4 is 21.9 Å². The van der Waals surface area contributed by atoms with Gasteiger partial charge in [0.25, 0.3) is 0 Å². The first-order valence-corrected chi connectivity index (χ1v) is 5.38. The third-order valence-electron chi connectivity index (χ3n) is 1.62. The average Bonchev–Trinajstić information content (AvgIpc) is 2.10. The molecule has 0 N–H and O–H groups in total. The van der Waals surface area contributed by atoms with E-state index in [1.807, 2.05) is 0 Å². The fourth-order valence-corrected chi connectivity index (χ4v) is 1.45. The molecule has 88 valence electrons. The minimum absolute atomic E-state index is 0.0271. The van der Waals surface area contributed by atoms with Gasteiger partial charge in [-0.2, -0.15) is 0 Å². The van der Waals surface area contributed by atoms with E-state index in [-0.39, 0.29) is 10.0 Å². The number of hydrogen-bond acceptors (Lipinski definition) is 2. The van der Waals surface area contributed by atoms with Crippen LogP contribution in [0.25, 0.3) is 0 Å². The van der Waals surface area contributed by atoms with Crippen molar-refractivity contribution in [1.82, 2.24) is 0 Å². The standard InChI is InChI=1S/C11H11BrF2O2/c1-11(2,3)16-10(15)6-4-7(12)9(14)8(13)5-6/h4-5H,1-3H3. The lowest BCUT2D eigenvalue weighted by molar-refractivity contribution is 0.00688. The summed E-state index contributed by atoms with van der Waals surface area (Å²) in [6.07, 6.45) is 0. The Kier molecular flexibility index (Phi) is 3.68. The number of esters is 1. The lowest BCUT2D eigenvalue weighted by atomic mass is 10.1. The normalized spacial score (nSPS) is 11.4. The van der Waals surface area contributed by atoms with E-state index in [0.29, 0.717) is 0 Å². The van der Waals surface area contributed by atoms with E-state index < -0.39 is 23.2 Å². The van der Waals surface area contributed by atoms with Gasteiger partial charge in [-0.05, 0) is 48.8 Å². The first kappa shape index (κ1) is 13.1. The Bertz CT molecular complexity index is 401. The molecule has 5 heteroatoms. The number of carbonyl (C=O) groups excluding carboxylic acids is 1. The fourth-order valence-electron chi connectivity index (χ4n) is 1.01. The van der Waals surface area contributed by atoms with Gasteiger partial charge in [-0.15, -0.1) is 0 Å². The molecule has 1 aromatic carbocycles. The highest BCUT2D eigenvalue weighted by Gasteiger charge is 2.20. The number of ether oxygens (including phenoxy) is 1. The van der Waals surface area contributed by atoms with Crippen LogP contribution in [0.1, 0.15) is 31.1 Å². The Labute approximate surface area is 101 Å². The molecule has 1 aromatic rings. The van der Waals surface area contributed by atoms with Crippen molar-refractivity contribution in [3.63, 3.8) is 0 Å². The van der Waals surface area contributed by atoms with Gasteiger partial charge in [0.2, 0.25) is 0 Å². The number of hydrogen-bond donors (Lipinski definition) is 0. The average molecular weight is 293 g/mol. The molecule has 0 amide bonds. The molecule has 0 unspecified atom stereocenters. The van der Waals surface area contributed by atoms with E-state index in [1.54, 1.807) is 20.8 Å². The molecule has 0 heterocycles. The summed E-state index contributed by atoms with van der Waals surface area (Å²) >= 11 is 2.82. The summed E-state index contributed by atoms with van der Waals surface area (Å²) in [4.78, 5) is 11.5. The van der Waals surface area contributed by atoms with Gasteiger partial charge in [-0.25, -0.2) is 13.6 Å². The summed E-state index contributed by atoms with van der Waals surface area (Å²) in [6.45, 7) is 5.08. The minimum atomic E-state index is -1.09. The van der Waals surface area contributed by atoms with Gasteiger partial charge in [-0.3, -0.25) is 0 Å². The number of rotatable bonds is 1. The predicted octanol–water partition coefficient (Wildman–Crippen LogP) is 3.68. The summed E-state index contributed by atoms with van der Waals surface area (Å²) in [5, 5.41) is 0. The van der Waals surface area contributed by atoms with E-state index in [4.69, 9.17) is 4.74 Å². The Morgan fingerprint density at radius 3 is 2.31 bits per heavy atom. The second kappa shape index (κ2) is 4.49. The molecule has 0 aromatic heterocycles. The molecule has 0 saturated heterocycles. The summed E-state index contributed by atoms with van der Waals surface area (Å²) in [5.74, 6) is -2.80. The van der Waals surface area contributed by atoms with Crippen molar-refractivity contribution in [2.45, 2.75) is 26.4 Å². The van der Waals surface area contributed by atoms with Gasteiger partial charge in [-0.1, -0.05) is 0 Å². The molecule has 0 spiro atoms. The van der Waals surface area contributed by atoms with Gasteiger partial charge in [0, 0.05) is 0 Å². The first-order valence-electron chi connectivity index (χ1n) is 4.58. The Hall–Kier alpha value is -0.970. The smallest absolute Gasteiger partial charge is 0.338 e. The van der Waals surface area contributed by atoms with Gasteiger partial charge < -0.3 is 4.74 Å². The molecule has 2 nitrogen and oxygen atoms in total. The third-order valence-corrected chi connectivity index (χ3v) is 2.20. The molecule has 1 rings (SSSR count). The Morgan fingerprint density at radius 1 is 1.31 bits per heavy atom. The second-order valence-corrected chi connectivity index (χ2v) is 5.11. The van der Waals surface area contributed by atoms with Crippen LogP contribution in [-0.4, -0.2) is 11.6 Å². The van der Waals surface area contributed by atoms with E-state index in [0.717, 1.165) is 6.07 Å². The maximum Gasteiger partial charge on any atom is 0.338 e. The fraction of sp³-hybridized carbons (Fsp3) is 0.364. The van der Waals surface area contributed by atoms with Crippen molar-refractivity contribution in [2.24, 2.45) is 0 Å². The minimum Gasteiger partial charge on any atom is -0.456 e. The molecular formula is C11H11BrF2O2. The molecule has 0 aliphatic heterocycles. The lowest BCUT2D eigenvalue weighted by Gasteiger charge is -2.19. The van der Waals surface area contributed by atoms with Crippen molar-refractivity contribution in [3.8, 4) is 0 Å². The van der Waals surface area contributed by atoms with Crippen LogP contribution < -0.4 is 0 Å². The van der Waals surface area contributed by atoms with Crippen LogP contribution in [0.3, 0.4) is 0 Å². The zero-order valence-electron chi connectivity index (χ0n) is 9.11. The van der Waals surface area contributed by atoms with Gasteiger partial charge in [0.1, 0.15) is 5.60 Å². The highest BCUT2D eigenvalue weighted by molar-refractivity contribution is 9.10. The second-order valence-electron chi connectivity index (χ2n) is 4.26. The van der Waals surface area contributed by atoms with E-state index in [2.05, 4.69) is 15.9 Å². The number of carbonyl (C=O) groups is 1. The van der Waals surface area contributed by atoms with E-state index in [1.165, 1.54) is 6.07 Å². The van der Waals surface area contributed by atoms with E-state index in [9.17, 15) is 13.6 Å². The largest absolute Gasteiger partial charge is 0.456 e. The molecule has 0 aliphatic rings. The van der Waals surface area contributed by atoms with Crippen LogP contribution in [0.15, 0.2) is 16.6 Å². The molecule has 0 radical (unpaired) electrons. The SMILES string of the molecule is CC(C)(C)OC(=O)c1cc(F)c(F)c(Br)c1. The Balaban J connectivity index is 3.02. The number of benzene rings is 1. The van der Waals surface area contributed by atoms with Crippen LogP contribution in [0, 0.1) is 11.6 Å². The van der Waals surface area contributed by atoms with Gasteiger partial charge in [0.05, 0.1) is 10.0 Å². The number of halogens is 3. The van der Waals surface area contributed by atoms with Crippen LogP contribution in [0.4, 0.5) is 8.78 Å². The molecule has 0 aliphatic carbocycles. The van der Waals surface area contributed by atoms with E-state index >= 15 is 0 Å². The molecule has 0 fully saturated rings. The van der Waals surface area contributed by atoms with Gasteiger partial charge >= 0.3 is 5.97 Å². The monoisotopic (exact) mass is 292 g/mol. The topological polar surface area (TPSA) is 26.3 Å². The molecule has 0 saturated carbocycles. The molecule has 0 bridgehead atoms. The predicted molar refractivity (Wildman–Crippen MR) is 59.2 cm³/mol. The van der Waals surface area contributed by atoms with Crippen LogP contribution in [-0.2, 0) is 4.74 Å². The maximum atomic E-state index is 13.0. The van der Waals surface area contributed by atoms with Crippen LogP contribution >= 0.6 is 15.9 Å². The zero-order valence-corrected chi connectivity index (χ0v) is 10.7. The zero-order chi connectivity index (χ0) is 12.5. The molecule has 16 heavy (non-hydrogen) atoms. The summed E-state index contributed by atoms with van der Waals surface area (Å²) in [5.41, 5.74) is -0.699. The summed E-state index contributed by atoms with van der Waals surface area (Å²) in [7, 11) is 0. The third kappa shape index (κ3) is 3.27. The highest BCUT2D eigenvalue weighted by atomic mass is 79.9. The first-order chi connectivity index (χ1) is 7.20. The summed E-state index contributed by atoms with van der Waals surface area (Å²) in [6, 6.07) is 2.00. The quantitative estimate of drug-likeness (QED) is 0.583. The van der Waals surface area contributed by atoms with Crippen molar-refractivity contribution in [3.05, 3.63) is 33.8 Å². The molecule has 0 atom stereocenters. The lowest BCUT2D eigenvalue weighted by Crippen LogP contribution is -2.24. The Morgan fingerprint density at radius 2 is 1.88 bits per heavy atom. The highest BCUT2D eigenvalue weighted by Crippen LogP contribution is 2.22. The van der Waals surface area contributed by atoms with Crippen LogP contribution in [0.5, 0.6) is 0 Å². The van der Waals surface area contributed by atoms with Crippen molar-refractivity contribution < 1.29 is 18.3 Å².